The standard InChI is InChI=1S/C14H27NO/c1-11(2)7-5-6-8-15(13(4)16)10-14-9-12(14)3/h11-12,14H,5-10H2,1-4H3. The lowest BCUT2D eigenvalue weighted by Crippen LogP contribution is -2.32. The third-order valence-corrected chi connectivity index (χ3v) is 3.64. The van der Waals surface area contributed by atoms with Gasteiger partial charge in [0.2, 0.25) is 5.91 Å². The SMILES string of the molecule is CC(=O)N(CCCCC(C)C)CC1CC1C. The maximum absolute atomic E-state index is 11.5. The molecule has 0 heterocycles. The molecule has 2 nitrogen and oxygen atoms in total. The van der Waals surface area contributed by atoms with Crippen LogP contribution in [0.1, 0.15) is 53.4 Å². The molecule has 0 radical (unpaired) electrons. The van der Waals surface area contributed by atoms with Gasteiger partial charge in [0.25, 0.3) is 0 Å². The number of hydrogen-bond donors (Lipinski definition) is 0. The van der Waals surface area contributed by atoms with Gasteiger partial charge in [0.15, 0.2) is 0 Å². The largest absolute Gasteiger partial charge is 0.343 e. The normalized spacial score (nSPS) is 23.6. The number of hydrogen-bond acceptors (Lipinski definition) is 1. The predicted octanol–water partition coefficient (Wildman–Crippen LogP) is 3.32. The highest BCUT2D eigenvalue weighted by Crippen LogP contribution is 2.38. The van der Waals surface area contributed by atoms with Gasteiger partial charge < -0.3 is 4.90 Å². The van der Waals surface area contributed by atoms with Gasteiger partial charge >= 0.3 is 0 Å². The molecule has 0 aromatic carbocycles. The first-order valence-electron chi connectivity index (χ1n) is 6.76. The molecule has 2 heteroatoms. The van der Waals surface area contributed by atoms with Crippen LogP contribution >= 0.6 is 0 Å². The molecule has 1 fully saturated rings. The second-order valence-electron chi connectivity index (χ2n) is 5.83. The summed E-state index contributed by atoms with van der Waals surface area (Å²) in [5.74, 6) is 2.67. The van der Waals surface area contributed by atoms with Crippen molar-refractivity contribution in [1.29, 1.82) is 0 Å². The van der Waals surface area contributed by atoms with E-state index in [1.54, 1.807) is 6.92 Å². The Labute approximate surface area is 100 Å². The molecule has 1 aliphatic carbocycles. The predicted molar refractivity (Wildman–Crippen MR) is 68.2 cm³/mol. The fourth-order valence-corrected chi connectivity index (χ4v) is 2.17. The Balaban J connectivity index is 2.15. The fraction of sp³-hybridized carbons (Fsp3) is 0.929. The zero-order chi connectivity index (χ0) is 12.1. The van der Waals surface area contributed by atoms with Crippen molar-refractivity contribution in [3.63, 3.8) is 0 Å². The lowest BCUT2D eigenvalue weighted by molar-refractivity contribution is -0.129. The van der Waals surface area contributed by atoms with Gasteiger partial charge in [0.1, 0.15) is 0 Å². The molecule has 0 N–H and O–H groups in total. The van der Waals surface area contributed by atoms with Gasteiger partial charge in [-0.1, -0.05) is 33.6 Å². The van der Waals surface area contributed by atoms with E-state index in [0.29, 0.717) is 0 Å². The second-order valence-corrected chi connectivity index (χ2v) is 5.83. The summed E-state index contributed by atoms with van der Waals surface area (Å²) in [5, 5.41) is 0. The number of carbonyl (C=O) groups excluding carboxylic acids is 1. The molecule has 0 aromatic rings. The topological polar surface area (TPSA) is 20.3 Å². The van der Waals surface area contributed by atoms with Crippen LogP contribution in [0.2, 0.25) is 0 Å². The molecule has 1 saturated carbocycles. The Bertz CT molecular complexity index is 225. The van der Waals surface area contributed by atoms with Crippen molar-refractivity contribution in [2.75, 3.05) is 13.1 Å². The van der Waals surface area contributed by atoms with Crippen LogP contribution in [0.15, 0.2) is 0 Å². The van der Waals surface area contributed by atoms with Gasteiger partial charge in [-0.05, 0) is 30.6 Å². The van der Waals surface area contributed by atoms with E-state index in [-0.39, 0.29) is 5.91 Å². The van der Waals surface area contributed by atoms with Crippen molar-refractivity contribution < 1.29 is 4.79 Å². The van der Waals surface area contributed by atoms with Crippen LogP contribution in [-0.4, -0.2) is 23.9 Å². The van der Waals surface area contributed by atoms with Crippen LogP contribution < -0.4 is 0 Å². The van der Waals surface area contributed by atoms with E-state index in [0.717, 1.165) is 30.8 Å². The lowest BCUT2D eigenvalue weighted by atomic mass is 10.1. The molecule has 1 amide bonds. The summed E-state index contributed by atoms with van der Waals surface area (Å²) < 4.78 is 0. The van der Waals surface area contributed by atoms with Crippen molar-refractivity contribution in [1.82, 2.24) is 4.90 Å². The molecule has 16 heavy (non-hydrogen) atoms. The van der Waals surface area contributed by atoms with Crippen molar-refractivity contribution in [2.45, 2.75) is 53.4 Å². The zero-order valence-corrected chi connectivity index (χ0v) is 11.3. The number of amides is 1. The maximum atomic E-state index is 11.5. The van der Waals surface area contributed by atoms with E-state index in [2.05, 4.69) is 25.7 Å². The van der Waals surface area contributed by atoms with Crippen molar-refractivity contribution in [2.24, 2.45) is 17.8 Å². The van der Waals surface area contributed by atoms with Gasteiger partial charge in [-0.3, -0.25) is 4.79 Å². The average Bonchev–Trinajstić information content (AvgIpc) is 2.86. The van der Waals surface area contributed by atoms with Gasteiger partial charge in [0.05, 0.1) is 0 Å². The van der Waals surface area contributed by atoms with Gasteiger partial charge in [-0.2, -0.15) is 0 Å². The molecular formula is C14H27NO. The van der Waals surface area contributed by atoms with Crippen LogP contribution in [0.4, 0.5) is 0 Å². The summed E-state index contributed by atoms with van der Waals surface area (Å²) in [6, 6.07) is 0. The van der Waals surface area contributed by atoms with E-state index < -0.39 is 0 Å². The minimum atomic E-state index is 0.253. The minimum Gasteiger partial charge on any atom is -0.343 e. The molecule has 0 saturated heterocycles. The molecule has 1 rings (SSSR count). The van der Waals surface area contributed by atoms with Gasteiger partial charge in [-0.25, -0.2) is 0 Å². The van der Waals surface area contributed by atoms with Crippen molar-refractivity contribution >= 4 is 5.91 Å². The Morgan fingerprint density at radius 3 is 2.44 bits per heavy atom. The fourth-order valence-electron chi connectivity index (χ4n) is 2.17. The molecular weight excluding hydrogens is 198 g/mol. The number of rotatable bonds is 7. The van der Waals surface area contributed by atoms with Crippen LogP contribution in [0.5, 0.6) is 0 Å². The third-order valence-electron chi connectivity index (χ3n) is 3.64. The minimum absolute atomic E-state index is 0.253. The Morgan fingerprint density at radius 1 is 1.38 bits per heavy atom. The molecule has 0 aromatic heterocycles. The summed E-state index contributed by atoms with van der Waals surface area (Å²) in [5.41, 5.74) is 0. The van der Waals surface area contributed by atoms with E-state index in [1.807, 2.05) is 0 Å². The number of nitrogens with zero attached hydrogens (tertiary/aromatic N) is 1. The van der Waals surface area contributed by atoms with Crippen LogP contribution in [0, 0.1) is 17.8 Å². The highest BCUT2D eigenvalue weighted by atomic mass is 16.2. The first kappa shape index (κ1) is 13.5. The third kappa shape index (κ3) is 5.00. The Hall–Kier alpha value is -0.530. The second kappa shape index (κ2) is 6.27. The first-order valence-corrected chi connectivity index (χ1v) is 6.76. The molecule has 1 aliphatic rings. The quantitative estimate of drug-likeness (QED) is 0.609. The summed E-state index contributed by atoms with van der Waals surface area (Å²) >= 11 is 0. The smallest absolute Gasteiger partial charge is 0.219 e. The lowest BCUT2D eigenvalue weighted by Gasteiger charge is -2.21. The zero-order valence-electron chi connectivity index (χ0n) is 11.3. The first-order chi connectivity index (χ1) is 7.50. The van der Waals surface area contributed by atoms with E-state index in [1.165, 1.54) is 25.7 Å². The summed E-state index contributed by atoms with van der Waals surface area (Å²) in [6.07, 6.45) is 5.02. The maximum Gasteiger partial charge on any atom is 0.219 e. The van der Waals surface area contributed by atoms with E-state index >= 15 is 0 Å². The Kier molecular flexibility index (Phi) is 5.30. The monoisotopic (exact) mass is 225 g/mol. The van der Waals surface area contributed by atoms with E-state index in [4.69, 9.17) is 0 Å². The van der Waals surface area contributed by atoms with Crippen LogP contribution in [0.3, 0.4) is 0 Å². The highest BCUT2D eigenvalue weighted by molar-refractivity contribution is 5.73. The van der Waals surface area contributed by atoms with Crippen molar-refractivity contribution in [3.05, 3.63) is 0 Å². The van der Waals surface area contributed by atoms with Gasteiger partial charge in [0, 0.05) is 20.0 Å². The van der Waals surface area contributed by atoms with Crippen LogP contribution in [-0.2, 0) is 4.79 Å². The highest BCUT2D eigenvalue weighted by Gasteiger charge is 2.34. The summed E-state index contributed by atoms with van der Waals surface area (Å²) in [4.78, 5) is 13.5. The molecule has 2 unspecified atom stereocenters. The Morgan fingerprint density at radius 2 is 2.00 bits per heavy atom. The molecule has 94 valence electrons. The molecule has 0 spiro atoms. The summed E-state index contributed by atoms with van der Waals surface area (Å²) in [7, 11) is 0. The molecule has 2 atom stereocenters. The summed E-state index contributed by atoms with van der Waals surface area (Å²) in [6.45, 7) is 10.5. The van der Waals surface area contributed by atoms with Crippen LogP contribution in [0.25, 0.3) is 0 Å². The molecule has 0 aliphatic heterocycles. The van der Waals surface area contributed by atoms with E-state index in [9.17, 15) is 4.79 Å². The molecule has 0 bridgehead atoms. The van der Waals surface area contributed by atoms with Gasteiger partial charge in [-0.15, -0.1) is 0 Å². The number of unbranched alkanes of at least 4 members (excludes halogenated alkanes) is 1. The number of carbonyl (C=O) groups is 1. The average molecular weight is 225 g/mol. The van der Waals surface area contributed by atoms with Crippen molar-refractivity contribution in [3.8, 4) is 0 Å².